The van der Waals surface area contributed by atoms with Gasteiger partial charge in [-0.2, -0.15) is 0 Å². The van der Waals surface area contributed by atoms with Gasteiger partial charge in [0.15, 0.2) is 0 Å². The van der Waals surface area contributed by atoms with Gasteiger partial charge in [0.25, 0.3) is 0 Å². The van der Waals surface area contributed by atoms with Crippen LogP contribution in [-0.4, -0.2) is 30.1 Å². The molecule has 0 spiro atoms. The van der Waals surface area contributed by atoms with Crippen molar-refractivity contribution in [2.75, 3.05) is 19.6 Å². The number of hydrogen-bond donors (Lipinski definition) is 1. The van der Waals surface area contributed by atoms with Gasteiger partial charge in [-0.05, 0) is 37.4 Å². The Hall–Kier alpha value is -0.860. The molecule has 2 unspecified atom stereocenters. The minimum atomic E-state index is 0.152. The number of nitrogens with zero attached hydrogens (tertiary/aromatic N) is 1. The molecule has 2 rings (SSSR count). The van der Waals surface area contributed by atoms with Gasteiger partial charge >= 0.3 is 0 Å². The molecule has 2 nitrogen and oxygen atoms in total. The molecule has 1 aromatic rings. The third kappa shape index (κ3) is 2.32. The predicted molar refractivity (Wildman–Crippen MR) is 77.9 cm³/mol. The van der Waals surface area contributed by atoms with Gasteiger partial charge < -0.3 is 5.73 Å². The Morgan fingerprint density at radius 1 is 1.33 bits per heavy atom. The Morgan fingerprint density at radius 3 is 2.61 bits per heavy atom. The van der Waals surface area contributed by atoms with Crippen LogP contribution >= 0.6 is 0 Å². The van der Waals surface area contributed by atoms with Crippen LogP contribution in [0.25, 0.3) is 0 Å². The standard InChI is InChI=1S/C16H26N2/c1-4-16(3,12-17)18(5-2)11-14-10-13-8-6-7-9-15(13)14/h6-9,14H,4-5,10-12,17H2,1-3H3. The van der Waals surface area contributed by atoms with Crippen LogP contribution in [0.15, 0.2) is 24.3 Å². The highest BCUT2D eigenvalue weighted by atomic mass is 15.2. The quantitative estimate of drug-likeness (QED) is 0.836. The molecule has 0 fully saturated rings. The summed E-state index contributed by atoms with van der Waals surface area (Å²) >= 11 is 0. The molecule has 100 valence electrons. The number of fused-ring (bicyclic) bond motifs is 1. The maximum Gasteiger partial charge on any atom is 0.0301 e. The van der Waals surface area contributed by atoms with Gasteiger partial charge in [0.05, 0.1) is 0 Å². The van der Waals surface area contributed by atoms with Crippen LogP contribution in [0.3, 0.4) is 0 Å². The van der Waals surface area contributed by atoms with Gasteiger partial charge in [-0.25, -0.2) is 0 Å². The SMILES string of the molecule is CCN(CC1Cc2ccccc21)C(C)(CC)CN. The molecule has 0 aromatic heterocycles. The molecule has 1 aliphatic carbocycles. The number of likely N-dealkylation sites (N-methyl/N-ethyl adjacent to an activating group) is 1. The Labute approximate surface area is 111 Å². The number of benzene rings is 1. The van der Waals surface area contributed by atoms with Crippen molar-refractivity contribution in [1.29, 1.82) is 0 Å². The third-order valence-electron chi connectivity index (χ3n) is 4.75. The molecule has 0 heterocycles. The van der Waals surface area contributed by atoms with E-state index in [1.165, 1.54) is 12.0 Å². The molecular weight excluding hydrogens is 220 g/mol. The van der Waals surface area contributed by atoms with Gasteiger partial charge in [-0.1, -0.05) is 38.1 Å². The molecule has 2 atom stereocenters. The molecule has 1 aromatic carbocycles. The zero-order valence-corrected chi connectivity index (χ0v) is 11.9. The fourth-order valence-corrected chi connectivity index (χ4v) is 3.02. The zero-order chi connectivity index (χ0) is 13.2. The minimum absolute atomic E-state index is 0.152. The number of hydrogen-bond acceptors (Lipinski definition) is 2. The highest BCUT2D eigenvalue weighted by molar-refractivity contribution is 5.40. The van der Waals surface area contributed by atoms with Crippen LogP contribution in [0.2, 0.25) is 0 Å². The summed E-state index contributed by atoms with van der Waals surface area (Å²) in [4.78, 5) is 2.56. The van der Waals surface area contributed by atoms with Crippen LogP contribution in [0.4, 0.5) is 0 Å². The average Bonchev–Trinajstić information content (AvgIpc) is 2.39. The molecule has 0 amide bonds. The van der Waals surface area contributed by atoms with Crippen molar-refractivity contribution in [2.45, 2.75) is 45.1 Å². The fraction of sp³-hybridized carbons (Fsp3) is 0.625. The smallest absolute Gasteiger partial charge is 0.0301 e. The van der Waals surface area contributed by atoms with Crippen molar-refractivity contribution in [1.82, 2.24) is 4.90 Å². The van der Waals surface area contributed by atoms with Crippen LogP contribution < -0.4 is 5.73 Å². The fourth-order valence-electron chi connectivity index (χ4n) is 3.02. The van der Waals surface area contributed by atoms with E-state index in [-0.39, 0.29) is 5.54 Å². The summed E-state index contributed by atoms with van der Waals surface area (Å²) in [5.74, 6) is 0.707. The van der Waals surface area contributed by atoms with Crippen molar-refractivity contribution in [3.63, 3.8) is 0 Å². The first-order valence-electron chi connectivity index (χ1n) is 7.17. The van der Waals surface area contributed by atoms with E-state index < -0.39 is 0 Å². The number of nitrogens with two attached hydrogens (primary N) is 1. The second-order valence-corrected chi connectivity index (χ2v) is 5.69. The molecule has 2 heteroatoms. The van der Waals surface area contributed by atoms with Crippen LogP contribution in [0.1, 0.15) is 44.2 Å². The van der Waals surface area contributed by atoms with Gasteiger partial charge in [0, 0.05) is 24.5 Å². The first-order chi connectivity index (χ1) is 8.64. The van der Waals surface area contributed by atoms with E-state index in [9.17, 15) is 0 Å². The predicted octanol–water partition coefficient (Wildman–Crippen LogP) is 2.78. The van der Waals surface area contributed by atoms with E-state index in [0.717, 1.165) is 26.1 Å². The Balaban J connectivity index is 2.05. The summed E-state index contributed by atoms with van der Waals surface area (Å²) in [5, 5.41) is 0. The summed E-state index contributed by atoms with van der Waals surface area (Å²) < 4.78 is 0. The first-order valence-corrected chi connectivity index (χ1v) is 7.17. The zero-order valence-electron chi connectivity index (χ0n) is 11.9. The summed E-state index contributed by atoms with van der Waals surface area (Å²) in [7, 11) is 0. The third-order valence-corrected chi connectivity index (χ3v) is 4.75. The first kappa shape index (κ1) is 13.6. The molecule has 0 aliphatic heterocycles. The highest BCUT2D eigenvalue weighted by Crippen LogP contribution is 2.36. The molecule has 0 radical (unpaired) electrons. The topological polar surface area (TPSA) is 29.3 Å². The highest BCUT2D eigenvalue weighted by Gasteiger charge is 2.33. The van der Waals surface area contributed by atoms with Crippen molar-refractivity contribution >= 4 is 0 Å². The van der Waals surface area contributed by atoms with E-state index >= 15 is 0 Å². The molecule has 1 aliphatic rings. The Kier molecular flexibility index (Phi) is 4.08. The Morgan fingerprint density at radius 2 is 2.06 bits per heavy atom. The van der Waals surface area contributed by atoms with Crippen LogP contribution in [0, 0.1) is 0 Å². The molecule has 0 bridgehead atoms. The largest absolute Gasteiger partial charge is 0.329 e. The lowest BCUT2D eigenvalue weighted by atomic mass is 9.76. The lowest BCUT2D eigenvalue weighted by Gasteiger charge is -2.43. The van der Waals surface area contributed by atoms with E-state index in [2.05, 4.69) is 49.9 Å². The normalized spacial score (nSPS) is 21.3. The van der Waals surface area contributed by atoms with Crippen LogP contribution in [0.5, 0.6) is 0 Å². The minimum Gasteiger partial charge on any atom is -0.329 e. The van der Waals surface area contributed by atoms with Gasteiger partial charge in [-0.15, -0.1) is 0 Å². The van der Waals surface area contributed by atoms with Crippen LogP contribution in [-0.2, 0) is 6.42 Å². The second kappa shape index (κ2) is 5.41. The van der Waals surface area contributed by atoms with E-state index in [4.69, 9.17) is 5.73 Å². The molecule has 0 saturated heterocycles. The van der Waals surface area contributed by atoms with Gasteiger partial charge in [0.1, 0.15) is 0 Å². The van der Waals surface area contributed by atoms with Gasteiger partial charge in [-0.3, -0.25) is 4.90 Å². The maximum atomic E-state index is 5.98. The second-order valence-electron chi connectivity index (χ2n) is 5.69. The number of rotatable bonds is 6. The summed E-state index contributed by atoms with van der Waals surface area (Å²) in [5.41, 5.74) is 9.21. The molecule has 0 saturated carbocycles. The summed E-state index contributed by atoms with van der Waals surface area (Å²) in [6.45, 7) is 9.75. The Bertz CT molecular complexity index is 396. The van der Waals surface area contributed by atoms with Crippen molar-refractivity contribution in [2.24, 2.45) is 5.73 Å². The lowest BCUT2D eigenvalue weighted by Crippen LogP contribution is -2.53. The summed E-state index contributed by atoms with van der Waals surface area (Å²) in [6, 6.07) is 8.83. The molecular formula is C16H26N2. The lowest BCUT2D eigenvalue weighted by molar-refractivity contribution is 0.101. The maximum absolute atomic E-state index is 5.98. The van der Waals surface area contributed by atoms with E-state index in [1.54, 1.807) is 5.56 Å². The van der Waals surface area contributed by atoms with E-state index in [0.29, 0.717) is 5.92 Å². The van der Waals surface area contributed by atoms with Crippen molar-refractivity contribution < 1.29 is 0 Å². The average molecular weight is 246 g/mol. The van der Waals surface area contributed by atoms with Crippen molar-refractivity contribution in [3.8, 4) is 0 Å². The monoisotopic (exact) mass is 246 g/mol. The molecule has 18 heavy (non-hydrogen) atoms. The van der Waals surface area contributed by atoms with Crippen molar-refractivity contribution in [3.05, 3.63) is 35.4 Å². The molecule has 2 N–H and O–H groups in total. The summed E-state index contributed by atoms with van der Waals surface area (Å²) in [6.07, 6.45) is 2.35. The van der Waals surface area contributed by atoms with E-state index in [1.807, 2.05) is 0 Å². The van der Waals surface area contributed by atoms with Gasteiger partial charge in [0.2, 0.25) is 0 Å².